The lowest BCUT2D eigenvalue weighted by molar-refractivity contribution is -0.127. The minimum atomic E-state index is -0.766. The fourth-order valence-electron chi connectivity index (χ4n) is 1.55. The Morgan fingerprint density at radius 2 is 2.15 bits per heavy atom. The molecule has 1 saturated heterocycles. The van der Waals surface area contributed by atoms with Crippen LogP contribution >= 0.6 is 27.7 Å². The number of nitrogens with two attached hydrogens (primary N) is 1. The summed E-state index contributed by atoms with van der Waals surface area (Å²) < 4.78 is 13.4. The molecule has 1 aromatic carbocycles. The molecule has 1 aromatic rings. The Kier molecular flexibility index (Phi) is 4.24. The van der Waals surface area contributed by atoms with Gasteiger partial charge in [0.15, 0.2) is 0 Å². The van der Waals surface area contributed by atoms with Crippen LogP contribution in [0.3, 0.4) is 0 Å². The largest absolute Gasteiger partial charge is 0.368 e. The highest BCUT2D eigenvalue weighted by molar-refractivity contribution is 9.10. The quantitative estimate of drug-likeness (QED) is 0.839. The van der Waals surface area contributed by atoms with E-state index in [1.165, 1.54) is 24.3 Å². The number of benzene rings is 1. The van der Waals surface area contributed by atoms with Gasteiger partial charge in [-0.05, 0) is 51.5 Å². The summed E-state index contributed by atoms with van der Waals surface area (Å²) in [7, 11) is 0. The summed E-state index contributed by atoms with van der Waals surface area (Å²) in [4.78, 5) is 35.3. The minimum absolute atomic E-state index is 0.162. The first kappa shape index (κ1) is 14.7. The molecule has 3 amide bonds. The summed E-state index contributed by atoms with van der Waals surface area (Å²) in [5, 5.41) is -0.554. The van der Waals surface area contributed by atoms with Crippen LogP contribution in [0, 0.1) is 5.82 Å². The van der Waals surface area contributed by atoms with Crippen molar-refractivity contribution >= 4 is 50.8 Å². The van der Waals surface area contributed by atoms with Crippen LogP contribution in [-0.2, 0) is 9.59 Å². The second kappa shape index (κ2) is 5.76. The zero-order valence-corrected chi connectivity index (χ0v) is 12.3. The van der Waals surface area contributed by atoms with Crippen LogP contribution in [0.15, 0.2) is 27.6 Å². The molecule has 1 aliphatic heterocycles. The summed E-state index contributed by atoms with van der Waals surface area (Å²) in [5.74, 6) is -1.78. The average Bonchev–Trinajstić information content (AvgIpc) is 2.61. The van der Waals surface area contributed by atoms with E-state index < -0.39 is 29.4 Å². The van der Waals surface area contributed by atoms with Gasteiger partial charge in [0.25, 0.3) is 11.1 Å². The number of nitrogens with zero attached hydrogens (tertiary/aromatic N) is 1. The van der Waals surface area contributed by atoms with Crippen molar-refractivity contribution in [3.05, 3.63) is 39.0 Å². The smallest absolute Gasteiger partial charge is 0.294 e. The molecule has 5 nitrogen and oxygen atoms in total. The summed E-state index contributed by atoms with van der Waals surface area (Å²) in [5.41, 5.74) is 5.53. The molecule has 0 aliphatic carbocycles. The number of hydrogen-bond acceptors (Lipinski definition) is 4. The van der Waals surface area contributed by atoms with E-state index in [4.69, 9.17) is 5.73 Å². The molecule has 0 atom stereocenters. The van der Waals surface area contributed by atoms with Gasteiger partial charge in [0.1, 0.15) is 12.4 Å². The molecule has 0 spiro atoms. The van der Waals surface area contributed by atoms with E-state index in [0.29, 0.717) is 17.3 Å². The fourth-order valence-corrected chi connectivity index (χ4v) is 2.78. The van der Waals surface area contributed by atoms with Gasteiger partial charge in [-0.2, -0.15) is 0 Å². The molecule has 1 fully saturated rings. The van der Waals surface area contributed by atoms with Crippen molar-refractivity contribution in [2.24, 2.45) is 5.73 Å². The molecule has 0 aromatic heterocycles. The van der Waals surface area contributed by atoms with Gasteiger partial charge in [-0.25, -0.2) is 4.39 Å². The third kappa shape index (κ3) is 3.07. The molecular formula is C12H8BrFN2O3S. The first-order chi connectivity index (χ1) is 9.38. The number of imide groups is 1. The second-order valence-electron chi connectivity index (χ2n) is 3.91. The van der Waals surface area contributed by atoms with Crippen LogP contribution in [0.1, 0.15) is 5.56 Å². The summed E-state index contributed by atoms with van der Waals surface area (Å²) in [6.45, 7) is -0.449. The Morgan fingerprint density at radius 1 is 1.45 bits per heavy atom. The SMILES string of the molecule is NC(=O)CN1C(=O)S/C(=C\c2ccc(F)c(Br)c2)C1=O. The van der Waals surface area contributed by atoms with Crippen molar-refractivity contribution in [2.45, 2.75) is 0 Å². The van der Waals surface area contributed by atoms with Crippen LogP contribution in [0.25, 0.3) is 6.08 Å². The number of carbonyl (C=O) groups is 3. The molecule has 0 bridgehead atoms. The van der Waals surface area contributed by atoms with Crippen LogP contribution in [0.5, 0.6) is 0 Å². The molecule has 0 saturated carbocycles. The number of hydrogen-bond donors (Lipinski definition) is 1. The van der Waals surface area contributed by atoms with E-state index in [9.17, 15) is 18.8 Å². The van der Waals surface area contributed by atoms with Crippen molar-refractivity contribution in [2.75, 3.05) is 6.54 Å². The Morgan fingerprint density at radius 3 is 2.75 bits per heavy atom. The van der Waals surface area contributed by atoms with Crippen molar-refractivity contribution in [3.8, 4) is 0 Å². The third-order valence-electron chi connectivity index (χ3n) is 2.43. The first-order valence-electron chi connectivity index (χ1n) is 5.37. The van der Waals surface area contributed by atoms with E-state index in [2.05, 4.69) is 15.9 Å². The molecule has 8 heteroatoms. The summed E-state index contributed by atoms with van der Waals surface area (Å²) in [6.07, 6.45) is 1.45. The zero-order valence-electron chi connectivity index (χ0n) is 9.93. The molecular weight excluding hydrogens is 351 g/mol. The molecule has 2 rings (SSSR count). The van der Waals surface area contributed by atoms with E-state index in [1.807, 2.05) is 0 Å². The highest BCUT2D eigenvalue weighted by Crippen LogP contribution is 2.32. The zero-order chi connectivity index (χ0) is 14.9. The second-order valence-corrected chi connectivity index (χ2v) is 5.76. The van der Waals surface area contributed by atoms with Crippen LogP contribution in [-0.4, -0.2) is 28.5 Å². The number of carbonyl (C=O) groups excluding carboxylic acids is 3. The van der Waals surface area contributed by atoms with Gasteiger partial charge in [0.2, 0.25) is 5.91 Å². The Hall–Kier alpha value is -1.67. The predicted octanol–water partition coefficient (Wildman–Crippen LogP) is 2.11. The maximum absolute atomic E-state index is 13.1. The van der Waals surface area contributed by atoms with Crippen molar-refractivity contribution in [3.63, 3.8) is 0 Å². The van der Waals surface area contributed by atoms with Crippen LogP contribution < -0.4 is 5.73 Å². The normalized spacial score (nSPS) is 17.1. The number of thioether (sulfide) groups is 1. The van der Waals surface area contributed by atoms with E-state index in [0.717, 1.165) is 4.90 Å². The van der Waals surface area contributed by atoms with E-state index in [1.54, 1.807) is 0 Å². The number of amides is 3. The van der Waals surface area contributed by atoms with Crippen molar-refractivity contribution < 1.29 is 18.8 Å². The fraction of sp³-hybridized carbons (Fsp3) is 0.0833. The monoisotopic (exact) mass is 358 g/mol. The molecule has 20 heavy (non-hydrogen) atoms. The lowest BCUT2D eigenvalue weighted by Gasteiger charge is -2.08. The number of halogens is 2. The number of rotatable bonds is 3. The van der Waals surface area contributed by atoms with E-state index in [-0.39, 0.29) is 9.38 Å². The summed E-state index contributed by atoms with van der Waals surface area (Å²) in [6, 6.07) is 4.20. The predicted molar refractivity (Wildman–Crippen MR) is 76.0 cm³/mol. The molecule has 0 unspecified atom stereocenters. The van der Waals surface area contributed by atoms with Gasteiger partial charge < -0.3 is 5.73 Å². The van der Waals surface area contributed by atoms with Crippen LogP contribution in [0.4, 0.5) is 9.18 Å². The Labute approximate surface area is 126 Å². The molecule has 0 radical (unpaired) electrons. The average molecular weight is 359 g/mol. The van der Waals surface area contributed by atoms with Crippen molar-refractivity contribution in [1.82, 2.24) is 4.90 Å². The molecule has 104 valence electrons. The highest BCUT2D eigenvalue weighted by atomic mass is 79.9. The highest BCUT2D eigenvalue weighted by Gasteiger charge is 2.35. The van der Waals surface area contributed by atoms with Crippen LogP contribution in [0.2, 0.25) is 0 Å². The van der Waals surface area contributed by atoms with E-state index >= 15 is 0 Å². The lowest BCUT2D eigenvalue weighted by Crippen LogP contribution is -2.36. The summed E-state index contributed by atoms with van der Waals surface area (Å²) >= 11 is 3.74. The molecule has 2 N–H and O–H groups in total. The molecule has 1 heterocycles. The lowest BCUT2D eigenvalue weighted by atomic mass is 10.2. The topological polar surface area (TPSA) is 80.5 Å². The molecule has 1 aliphatic rings. The first-order valence-corrected chi connectivity index (χ1v) is 6.98. The van der Waals surface area contributed by atoms with Gasteiger partial charge in [-0.3, -0.25) is 19.3 Å². The number of primary amides is 1. The standard InChI is InChI=1S/C12H8BrFN2O3S/c13-7-3-6(1-2-8(7)14)4-9-11(18)16(5-10(15)17)12(19)20-9/h1-4H,5H2,(H2,15,17)/b9-4-. The van der Waals surface area contributed by atoms with Gasteiger partial charge in [0, 0.05) is 0 Å². The van der Waals surface area contributed by atoms with Gasteiger partial charge in [-0.15, -0.1) is 0 Å². The minimum Gasteiger partial charge on any atom is -0.368 e. The van der Waals surface area contributed by atoms with Gasteiger partial charge in [-0.1, -0.05) is 6.07 Å². The van der Waals surface area contributed by atoms with Gasteiger partial charge in [0.05, 0.1) is 9.38 Å². The van der Waals surface area contributed by atoms with Crippen molar-refractivity contribution in [1.29, 1.82) is 0 Å². The van der Waals surface area contributed by atoms with Gasteiger partial charge >= 0.3 is 0 Å². The Bertz CT molecular complexity index is 648. The Balaban J connectivity index is 2.27. The maximum atomic E-state index is 13.1. The third-order valence-corrected chi connectivity index (χ3v) is 3.94. The maximum Gasteiger partial charge on any atom is 0.294 e.